The van der Waals surface area contributed by atoms with Crippen molar-refractivity contribution in [3.8, 4) is 11.8 Å². The molecule has 2 fully saturated rings. The summed E-state index contributed by atoms with van der Waals surface area (Å²) in [5.41, 5.74) is 3.20. The van der Waals surface area contributed by atoms with Crippen LogP contribution < -0.4 is 4.74 Å². The van der Waals surface area contributed by atoms with Crippen molar-refractivity contribution < 1.29 is 19.7 Å². The van der Waals surface area contributed by atoms with Gasteiger partial charge in [-0.05, 0) is 51.2 Å². The zero-order valence-electron chi connectivity index (χ0n) is 17.9. The molecule has 2 bridgehead atoms. The summed E-state index contributed by atoms with van der Waals surface area (Å²) in [5.74, 6) is -0.615. The number of methoxy groups -OCH3 is 1. The molecule has 1 unspecified atom stereocenters. The SMILES string of the molecule is COc1ccc(CN(C)C)c2c1[C@H](CO)N1C(C#N)[C@@H]3C[C@@H](C(=O)O)[C@H]([C@@H]1C2)N3C. The van der Waals surface area contributed by atoms with Gasteiger partial charge in [0.2, 0.25) is 0 Å². The molecule has 30 heavy (non-hydrogen) atoms. The van der Waals surface area contributed by atoms with Crippen molar-refractivity contribution in [2.24, 2.45) is 5.92 Å². The summed E-state index contributed by atoms with van der Waals surface area (Å²) in [4.78, 5) is 18.3. The highest BCUT2D eigenvalue weighted by molar-refractivity contribution is 5.72. The van der Waals surface area contributed by atoms with E-state index in [0.717, 1.165) is 23.2 Å². The standard InChI is InChI=1S/C22H30N4O4/c1-24(2)10-12-5-6-19(30-4)20-13(12)7-16-21-14(22(28)29)8-15(25(21)3)17(9-23)26(16)18(20)11-27/h5-6,14-18,21,27H,7-8,10-11H2,1-4H3,(H,28,29)/t14-,15+,16+,17?,18+,21-/m1/s1. The monoisotopic (exact) mass is 414 g/mol. The number of benzene rings is 1. The molecule has 3 aliphatic rings. The minimum Gasteiger partial charge on any atom is -0.496 e. The highest BCUT2D eigenvalue weighted by atomic mass is 16.5. The summed E-state index contributed by atoms with van der Waals surface area (Å²) in [6.45, 7) is 0.592. The molecule has 1 aromatic carbocycles. The van der Waals surface area contributed by atoms with E-state index in [4.69, 9.17) is 4.74 Å². The number of likely N-dealkylation sites (N-methyl/N-ethyl adjacent to an activating group) is 1. The quantitative estimate of drug-likeness (QED) is 0.726. The molecule has 8 nitrogen and oxygen atoms in total. The first-order valence-corrected chi connectivity index (χ1v) is 10.4. The predicted molar refractivity (Wildman–Crippen MR) is 110 cm³/mol. The molecule has 0 radical (unpaired) electrons. The van der Waals surface area contributed by atoms with Crippen LogP contribution in [0.4, 0.5) is 0 Å². The van der Waals surface area contributed by atoms with E-state index in [1.807, 2.05) is 27.2 Å². The fraction of sp³-hybridized carbons (Fsp3) is 0.636. The zero-order valence-corrected chi connectivity index (χ0v) is 17.9. The van der Waals surface area contributed by atoms with Crippen LogP contribution in [0.15, 0.2) is 12.1 Å². The van der Waals surface area contributed by atoms with Crippen molar-refractivity contribution in [3.05, 3.63) is 28.8 Å². The van der Waals surface area contributed by atoms with Crippen molar-refractivity contribution in [1.29, 1.82) is 5.26 Å². The highest BCUT2D eigenvalue weighted by Crippen LogP contribution is 2.50. The third-order valence-electron chi connectivity index (χ3n) is 7.21. The number of hydrogen-bond donors (Lipinski definition) is 2. The molecule has 0 saturated carbocycles. The summed E-state index contributed by atoms with van der Waals surface area (Å²) < 4.78 is 5.66. The summed E-state index contributed by atoms with van der Waals surface area (Å²) in [5, 5.41) is 30.4. The number of nitrogens with zero attached hydrogens (tertiary/aromatic N) is 4. The Labute approximate surface area is 177 Å². The number of aliphatic hydroxyl groups excluding tert-OH is 1. The van der Waals surface area contributed by atoms with Gasteiger partial charge in [-0.15, -0.1) is 0 Å². The third-order valence-corrected chi connectivity index (χ3v) is 7.21. The molecule has 0 spiro atoms. The van der Waals surface area contributed by atoms with E-state index in [0.29, 0.717) is 18.6 Å². The maximum Gasteiger partial charge on any atom is 0.308 e. The zero-order chi connectivity index (χ0) is 21.7. The third kappa shape index (κ3) is 3.00. The van der Waals surface area contributed by atoms with E-state index < -0.39 is 24.0 Å². The Bertz CT molecular complexity index is 883. The molecule has 3 heterocycles. The number of ether oxygens (including phenoxy) is 1. The minimum atomic E-state index is -0.807. The van der Waals surface area contributed by atoms with E-state index >= 15 is 0 Å². The maximum atomic E-state index is 12.1. The molecule has 6 atom stereocenters. The largest absolute Gasteiger partial charge is 0.496 e. The first-order valence-electron chi connectivity index (χ1n) is 10.4. The molecule has 0 aliphatic carbocycles. The Balaban J connectivity index is 1.90. The minimum absolute atomic E-state index is 0.148. The lowest BCUT2D eigenvalue weighted by Crippen LogP contribution is -2.67. The van der Waals surface area contributed by atoms with Crippen LogP contribution in [-0.4, -0.2) is 89.9 Å². The van der Waals surface area contributed by atoms with Gasteiger partial charge in [0, 0.05) is 30.2 Å². The van der Waals surface area contributed by atoms with Gasteiger partial charge in [0.25, 0.3) is 0 Å². The summed E-state index contributed by atoms with van der Waals surface area (Å²) in [6, 6.07) is 5.04. The Kier molecular flexibility index (Phi) is 5.49. The molecule has 2 N–H and O–H groups in total. The molecular weight excluding hydrogens is 384 g/mol. The fourth-order valence-corrected chi connectivity index (χ4v) is 6.10. The molecule has 162 valence electrons. The van der Waals surface area contributed by atoms with E-state index in [1.165, 1.54) is 0 Å². The molecule has 0 amide bonds. The van der Waals surface area contributed by atoms with Gasteiger partial charge < -0.3 is 19.8 Å². The van der Waals surface area contributed by atoms with Gasteiger partial charge in [0.15, 0.2) is 0 Å². The number of fused-ring (bicyclic) bond motifs is 5. The summed E-state index contributed by atoms with van der Waals surface area (Å²) >= 11 is 0. The topological polar surface area (TPSA) is 100 Å². The normalized spacial score (nSPS) is 33.1. The van der Waals surface area contributed by atoms with Crippen LogP contribution in [-0.2, 0) is 17.8 Å². The van der Waals surface area contributed by atoms with E-state index in [-0.39, 0.29) is 24.7 Å². The average Bonchev–Trinajstić information content (AvgIpc) is 2.96. The molecule has 4 rings (SSSR count). The van der Waals surface area contributed by atoms with Crippen LogP contribution in [0.25, 0.3) is 0 Å². The van der Waals surface area contributed by atoms with Gasteiger partial charge >= 0.3 is 5.97 Å². The summed E-state index contributed by atoms with van der Waals surface area (Å²) in [6.07, 6.45) is 1.09. The Morgan fingerprint density at radius 3 is 2.67 bits per heavy atom. The van der Waals surface area contributed by atoms with Crippen LogP contribution in [0.2, 0.25) is 0 Å². The van der Waals surface area contributed by atoms with E-state index in [1.54, 1.807) is 7.11 Å². The number of nitriles is 1. The van der Waals surface area contributed by atoms with Crippen molar-refractivity contribution >= 4 is 5.97 Å². The van der Waals surface area contributed by atoms with Crippen molar-refractivity contribution in [3.63, 3.8) is 0 Å². The van der Waals surface area contributed by atoms with Crippen molar-refractivity contribution in [2.45, 2.75) is 49.6 Å². The van der Waals surface area contributed by atoms with Gasteiger partial charge in [0.05, 0.1) is 31.7 Å². The Hall–Kier alpha value is -2.18. The first kappa shape index (κ1) is 21.1. The fourth-order valence-electron chi connectivity index (χ4n) is 6.10. The maximum absolute atomic E-state index is 12.1. The molecular formula is C22H30N4O4. The second kappa shape index (κ2) is 7.82. The molecule has 0 aromatic heterocycles. The lowest BCUT2D eigenvalue weighted by molar-refractivity contribution is -0.144. The molecule has 3 aliphatic heterocycles. The molecule has 1 aromatic rings. The van der Waals surface area contributed by atoms with Crippen LogP contribution in [0.5, 0.6) is 5.75 Å². The van der Waals surface area contributed by atoms with Gasteiger partial charge in [-0.2, -0.15) is 5.26 Å². The van der Waals surface area contributed by atoms with E-state index in [9.17, 15) is 20.3 Å². The average molecular weight is 415 g/mol. The Morgan fingerprint density at radius 1 is 1.37 bits per heavy atom. The van der Waals surface area contributed by atoms with Crippen molar-refractivity contribution in [2.75, 3.05) is 34.9 Å². The number of hydrogen-bond acceptors (Lipinski definition) is 7. The lowest BCUT2D eigenvalue weighted by atomic mass is 9.78. The number of carboxylic acid groups (broad SMARTS) is 1. The van der Waals surface area contributed by atoms with Gasteiger partial charge in [-0.1, -0.05) is 6.07 Å². The first-order chi connectivity index (χ1) is 14.3. The van der Waals surface area contributed by atoms with Crippen LogP contribution in [0, 0.1) is 17.2 Å². The lowest BCUT2D eigenvalue weighted by Gasteiger charge is -2.54. The summed E-state index contributed by atoms with van der Waals surface area (Å²) in [7, 11) is 7.59. The second-order valence-corrected chi connectivity index (χ2v) is 8.95. The molecule has 2 saturated heterocycles. The number of carbonyl (C=O) groups is 1. The van der Waals surface area contributed by atoms with Gasteiger partial charge in [0.1, 0.15) is 11.8 Å². The van der Waals surface area contributed by atoms with Gasteiger partial charge in [-0.3, -0.25) is 14.6 Å². The molecule has 8 heteroatoms. The second-order valence-electron chi connectivity index (χ2n) is 8.95. The Morgan fingerprint density at radius 2 is 2.10 bits per heavy atom. The van der Waals surface area contributed by atoms with Crippen LogP contribution in [0.1, 0.15) is 29.2 Å². The number of carboxylic acids is 1. The van der Waals surface area contributed by atoms with Crippen molar-refractivity contribution in [1.82, 2.24) is 14.7 Å². The smallest absolute Gasteiger partial charge is 0.308 e. The van der Waals surface area contributed by atoms with Crippen LogP contribution in [0.3, 0.4) is 0 Å². The number of aliphatic hydroxyl groups is 1. The number of rotatable bonds is 5. The van der Waals surface area contributed by atoms with Gasteiger partial charge in [-0.25, -0.2) is 0 Å². The van der Waals surface area contributed by atoms with Crippen LogP contribution >= 0.6 is 0 Å². The van der Waals surface area contributed by atoms with E-state index in [2.05, 4.69) is 26.8 Å². The number of piperazine rings is 1. The predicted octanol–water partition coefficient (Wildman–Crippen LogP) is 0.696. The number of aliphatic carboxylic acids is 1. The highest BCUT2D eigenvalue weighted by Gasteiger charge is 2.59.